The van der Waals surface area contributed by atoms with Crippen molar-refractivity contribution in [3.8, 4) is 0 Å². The van der Waals surface area contributed by atoms with Crippen LogP contribution < -0.4 is 5.32 Å². The van der Waals surface area contributed by atoms with Crippen LogP contribution in [0, 0.1) is 0 Å². The Hall–Kier alpha value is -3.18. The number of amides is 1. The summed E-state index contributed by atoms with van der Waals surface area (Å²) in [6.07, 6.45) is 4.70. The minimum atomic E-state index is -0.559. The number of carbonyl (C=O) groups excluding carboxylic acids is 2. The van der Waals surface area contributed by atoms with Crippen LogP contribution >= 0.6 is 0 Å². The first-order chi connectivity index (χ1) is 14.0. The fourth-order valence-electron chi connectivity index (χ4n) is 4.72. The molecular weight excluding hydrogens is 364 g/mol. The Morgan fingerprint density at radius 1 is 1.17 bits per heavy atom. The molecule has 2 aliphatic heterocycles. The van der Waals surface area contributed by atoms with Crippen LogP contribution in [0.4, 0.5) is 5.69 Å². The zero-order valence-corrected chi connectivity index (χ0v) is 16.2. The topological polar surface area (TPSA) is 58.6 Å². The average Bonchev–Trinajstić information content (AvgIpc) is 3.17. The second-order valence-corrected chi connectivity index (χ2v) is 7.97. The molecular formula is C24H22N2O3. The summed E-state index contributed by atoms with van der Waals surface area (Å²) in [7, 11) is 0. The third-order valence-electron chi connectivity index (χ3n) is 5.91. The summed E-state index contributed by atoms with van der Waals surface area (Å²) in [6.45, 7) is 3.02. The number of hydrogen-bond donors (Lipinski definition) is 1. The number of esters is 1. The summed E-state index contributed by atoms with van der Waals surface area (Å²) in [5, 5.41) is 2.79. The highest BCUT2D eigenvalue weighted by Gasteiger charge is 2.55. The molecule has 0 aromatic heterocycles. The molecule has 2 bridgehead atoms. The van der Waals surface area contributed by atoms with Crippen molar-refractivity contribution in [3.05, 3.63) is 83.4 Å². The largest absolute Gasteiger partial charge is 0.450 e. The Bertz CT molecular complexity index is 1040. The number of nitrogens with one attached hydrogen (secondary N) is 1. The smallest absolute Gasteiger partial charge is 0.332 e. The quantitative estimate of drug-likeness (QED) is 0.817. The monoisotopic (exact) mass is 386 g/mol. The first kappa shape index (κ1) is 17.9. The lowest BCUT2D eigenvalue weighted by molar-refractivity contribution is -0.145. The van der Waals surface area contributed by atoms with Crippen LogP contribution in [0.1, 0.15) is 24.5 Å². The van der Waals surface area contributed by atoms with Gasteiger partial charge < -0.3 is 10.1 Å². The Labute approximate surface area is 169 Å². The SMILES string of the molecule is CC(=O)Nc1ccc(C2=C[C@@H]3C[C@]4(CN3Cc3ccccc3)OC(=O)C=C24)cc1. The molecule has 1 saturated heterocycles. The van der Waals surface area contributed by atoms with Crippen LogP contribution in [0.25, 0.3) is 5.57 Å². The van der Waals surface area contributed by atoms with E-state index in [0.717, 1.165) is 35.4 Å². The fourth-order valence-corrected chi connectivity index (χ4v) is 4.72. The summed E-state index contributed by atoms with van der Waals surface area (Å²) in [5.74, 6) is -0.358. The van der Waals surface area contributed by atoms with Crippen molar-refractivity contribution in [3.63, 3.8) is 0 Å². The first-order valence-corrected chi connectivity index (χ1v) is 9.86. The van der Waals surface area contributed by atoms with Gasteiger partial charge in [-0.1, -0.05) is 48.5 Å². The molecule has 1 fully saturated rings. The molecule has 0 unspecified atom stereocenters. The standard InChI is InChI=1S/C24H22N2O3/c1-16(27)25-19-9-7-18(8-10-19)21-11-20-13-24(22(21)12-23(28)29-24)15-26(20)14-17-5-3-2-4-6-17/h2-12,20H,13-15H2,1H3,(H,25,27)/t20-,24-/m1/s1. The Balaban J connectivity index is 1.49. The highest BCUT2D eigenvalue weighted by molar-refractivity contribution is 5.97. The number of hydrogen-bond acceptors (Lipinski definition) is 4. The lowest BCUT2D eigenvalue weighted by Gasteiger charge is -2.30. The molecule has 146 valence electrons. The van der Waals surface area contributed by atoms with Crippen LogP contribution in [0.3, 0.4) is 0 Å². The van der Waals surface area contributed by atoms with E-state index in [0.29, 0.717) is 6.54 Å². The van der Waals surface area contributed by atoms with E-state index in [2.05, 4.69) is 40.6 Å². The number of rotatable bonds is 4. The van der Waals surface area contributed by atoms with Crippen molar-refractivity contribution in [2.75, 3.05) is 11.9 Å². The number of nitrogens with zero attached hydrogens (tertiary/aromatic N) is 1. The molecule has 1 spiro atoms. The first-order valence-electron chi connectivity index (χ1n) is 9.86. The van der Waals surface area contributed by atoms with Gasteiger partial charge in [0.2, 0.25) is 5.91 Å². The van der Waals surface area contributed by atoms with Gasteiger partial charge in [-0.2, -0.15) is 0 Å². The van der Waals surface area contributed by atoms with E-state index in [-0.39, 0.29) is 17.9 Å². The fraction of sp³-hybridized carbons (Fsp3) is 0.250. The van der Waals surface area contributed by atoms with Crippen LogP contribution in [0.2, 0.25) is 0 Å². The molecule has 5 heteroatoms. The van der Waals surface area contributed by atoms with Gasteiger partial charge in [0.05, 0.1) is 0 Å². The predicted molar refractivity (Wildman–Crippen MR) is 111 cm³/mol. The average molecular weight is 386 g/mol. The third-order valence-corrected chi connectivity index (χ3v) is 5.91. The molecule has 2 aromatic carbocycles. The van der Waals surface area contributed by atoms with Gasteiger partial charge in [-0.05, 0) is 28.8 Å². The zero-order chi connectivity index (χ0) is 20.0. The Morgan fingerprint density at radius 3 is 2.66 bits per heavy atom. The van der Waals surface area contributed by atoms with E-state index in [4.69, 9.17) is 4.74 Å². The zero-order valence-electron chi connectivity index (χ0n) is 16.2. The maximum atomic E-state index is 12.2. The molecule has 0 saturated carbocycles. The summed E-state index contributed by atoms with van der Waals surface area (Å²) < 4.78 is 5.87. The van der Waals surface area contributed by atoms with E-state index >= 15 is 0 Å². The number of likely N-dealkylation sites (tertiary alicyclic amines) is 1. The van der Waals surface area contributed by atoms with Crippen molar-refractivity contribution in [2.45, 2.75) is 31.5 Å². The van der Waals surface area contributed by atoms with Gasteiger partial charge >= 0.3 is 5.97 Å². The van der Waals surface area contributed by atoms with Gasteiger partial charge in [0.15, 0.2) is 5.60 Å². The molecule has 29 heavy (non-hydrogen) atoms. The molecule has 2 heterocycles. The van der Waals surface area contributed by atoms with Gasteiger partial charge in [-0.15, -0.1) is 0 Å². The van der Waals surface area contributed by atoms with E-state index in [9.17, 15) is 9.59 Å². The Morgan fingerprint density at radius 2 is 1.93 bits per heavy atom. The van der Waals surface area contributed by atoms with E-state index in [1.54, 1.807) is 6.08 Å². The highest BCUT2D eigenvalue weighted by Crippen LogP contribution is 2.50. The van der Waals surface area contributed by atoms with Crippen LogP contribution in [0.15, 0.2) is 72.3 Å². The van der Waals surface area contributed by atoms with E-state index in [1.807, 2.05) is 30.3 Å². The highest BCUT2D eigenvalue weighted by atomic mass is 16.6. The van der Waals surface area contributed by atoms with Crippen molar-refractivity contribution < 1.29 is 14.3 Å². The van der Waals surface area contributed by atoms with E-state index < -0.39 is 5.60 Å². The minimum absolute atomic E-state index is 0.0966. The molecule has 5 nitrogen and oxygen atoms in total. The molecule has 1 aliphatic carbocycles. The molecule has 1 N–H and O–H groups in total. The van der Waals surface area contributed by atoms with Crippen molar-refractivity contribution >= 4 is 23.1 Å². The number of benzene rings is 2. The van der Waals surface area contributed by atoms with E-state index in [1.165, 1.54) is 12.5 Å². The van der Waals surface area contributed by atoms with Gasteiger partial charge in [0.1, 0.15) is 0 Å². The number of carbonyl (C=O) groups is 2. The summed E-state index contributed by atoms with van der Waals surface area (Å²) in [6, 6.07) is 18.3. The second kappa shape index (κ2) is 6.71. The Kier molecular flexibility index (Phi) is 4.14. The predicted octanol–water partition coefficient (Wildman–Crippen LogP) is 3.54. The molecule has 1 amide bonds. The summed E-state index contributed by atoms with van der Waals surface area (Å²) in [4.78, 5) is 25.9. The van der Waals surface area contributed by atoms with Crippen molar-refractivity contribution in [1.29, 1.82) is 0 Å². The summed E-state index contributed by atoms with van der Waals surface area (Å²) in [5.41, 5.74) is 4.50. The molecule has 2 atom stereocenters. The lowest BCUT2D eigenvalue weighted by Crippen LogP contribution is -2.36. The lowest BCUT2D eigenvalue weighted by atomic mass is 9.79. The number of fused-ring (bicyclic) bond motifs is 1. The maximum absolute atomic E-state index is 12.2. The van der Waals surface area contributed by atoms with Gasteiger partial charge in [0.25, 0.3) is 0 Å². The van der Waals surface area contributed by atoms with Crippen LogP contribution in [-0.4, -0.2) is 35.0 Å². The molecule has 3 aliphatic rings. The van der Waals surface area contributed by atoms with Gasteiger partial charge in [0, 0.05) is 49.8 Å². The van der Waals surface area contributed by atoms with Crippen LogP contribution in [0.5, 0.6) is 0 Å². The summed E-state index contributed by atoms with van der Waals surface area (Å²) >= 11 is 0. The molecule has 5 rings (SSSR count). The van der Waals surface area contributed by atoms with Crippen molar-refractivity contribution in [2.24, 2.45) is 0 Å². The molecule has 0 radical (unpaired) electrons. The van der Waals surface area contributed by atoms with Gasteiger partial charge in [-0.25, -0.2) is 4.79 Å². The van der Waals surface area contributed by atoms with Gasteiger partial charge in [-0.3, -0.25) is 9.69 Å². The normalized spacial score (nSPS) is 25.1. The number of anilines is 1. The maximum Gasteiger partial charge on any atom is 0.332 e. The van der Waals surface area contributed by atoms with Crippen molar-refractivity contribution in [1.82, 2.24) is 4.90 Å². The second-order valence-electron chi connectivity index (χ2n) is 7.97. The van der Waals surface area contributed by atoms with Crippen LogP contribution in [-0.2, 0) is 20.9 Å². The minimum Gasteiger partial charge on any atom is -0.450 e. The molecule has 2 aromatic rings. The number of ether oxygens (including phenoxy) is 1. The third kappa shape index (κ3) is 3.17.